The molecule has 2 nitrogen and oxygen atoms in total. The summed E-state index contributed by atoms with van der Waals surface area (Å²) < 4.78 is 5.31. The van der Waals surface area contributed by atoms with Crippen LogP contribution in [0.25, 0.3) is 0 Å². The molecule has 3 rings (SSSR count). The quantitative estimate of drug-likeness (QED) is 0.590. The van der Waals surface area contributed by atoms with Crippen LogP contribution in [0.1, 0.15) is 22.3 Å². The van der Waals surface area contributed by atoms with E-state index in [0.29, 0.717) is 0 Å². The van der Waals surface area contributed by atoms with Crippen molar-refractivity contribution in [3.63, 3.8) is 0 Å². The van der Waals surface area contributed by atoms with Crippen LogP contribution in [0, 0.1) is 13.8 Å². The molecule has 0 saturated carbocycles. The molecule has 0 saturated heterocycles. The molecule has 0 fully saturated rings. The summed E-state index contributed by atoms with van der Waals surface area (Å²) in [5.41, 5.74) is 6.56. The van der Waals surface area contributed by atoms with Gasteiger partial charge in [-0.3, -0.25) is 0 Å². The summed E-state index contributed by atoms with van der Waals surface area (Å²) in [6.45, 7) is 6.12. The molecule has 128 valence electrons. The molecule has 3 aromatic carbocycles. The standard InChI is InChI=1S/C23H25NO/c1-18-8-4-6-10-20(18)16-24(17-21-11-7-5-9-19(21)2)22-12-14-23(25-3)15-13-22/h4-15H,16-17H2,1-3H3. The van der Waals surface area contributed by atoms with Gasteiger partial charge in [0.25, 0.3) is 0 Å². The summed E-state index contributed by atoms with van der Waals surface area (Å²) in [7, 11) is 1.70. The minimum Gasteiger partial charge on any atom is -0.497 e. The van der Waals surface area contributed by atoms with Gasteiger partial charge < -0.3 is 9.64 Å². The fourth-order valence-electron chi connectivity index (χ4n) is 3.02. The van der Waals surface area contributed by atoms with Crippen molar-refractivity contribution in [1.29, 1.82) is 0 Å². The second-order valence-electron chi connectivity index (χ2n) is 6.41. The normalized spacial score (nSPS) is 10.5. The number of ether oxygens (including phenoxy) is 1. The van der Waals surface area contributed by atoms with Gasteiger partial charge in [0.15, 0.2) is 0 Å². The number of hydrogen-bond donors (Lipinski definition) is 0. The van der Waals surface area contributed by atoms with Crippen molar-refractivity contribution in [3.8, 4) is 5.75 Å². The highest BCUT2D eigenvalue weighted by molar-refractivity contribution is 5.51. The van der Waals surface area contributed by atoms with E-state index >= 15 is 0 Å². The zero-order chi connectivity index (χ0) is 17.6. The topological polar surface area (TPSA) is 12.5 Å². The van der Waals surface area contributed by atoms with E-state index in [4.69, 9.17) is 4.74 Å². The van der Waals surface area contributed by atoms with E-state index in [0.717, 1.165) is 18.8 Å². The Bertz CT molecular complexity index is 776. The maximum Gasteiger partial charge on any atom is 0.119 e. The first-order chi connectivity index (χ1) is 12.2. The van der Waals surface area contributed by atoms with Gasteiger partial charge in [-0.25, -0.2) is 0 Å². The van der Waals surface area contributed by atoms with E-state index in [-0.39, 0.29) is 0 Å². The molecule has 0 heterocycles. The minimum atomic E-state index is 0.882. The molecule has 25 heavy (non-hydrogen) atoms. The van der Waals surface area contributed by atoms with Crippen LogP contribution < -0.4 is 9.64 Å². The number of hydrogen-bond acceptors (Lipinski definition) is 2. The fraction of sp³-hybridized carbons (Fsp3) is 0.217. The number of methoxy groups -OCH3 is 1. The third-order valence-corrected chi connectivity index (χ3v) is 4.68. The molecule has 0 spiro atoms. The molecular weight excluding hydrogens is 306 g/mol. The minimum absolute atomic E-state index is 0.882. The van der Waals surface area contributed by atoms with Crippen molar-refractivity contribution in [2.24, 2.45) is 0 Å². The average Bonchev–Trinajstić information content (AvgIpc) is 2.65. The predicted molar refractivity (Wildman–Crippen MR) is 105 cm³/mol. The van der Waals surface area contributed by atoms with Crippen LogP contribution in [0.2, 0.25) is 0 Å². The molecule has 0 aliphatic heterocycles. The Morgan fingerprint density at radius 2 is 1.16 bits per heavy atom. The van der Waals surface area contributed by atoms with Crippen LogP contribution >= 0.6 is 0 Å². The van der Waals surface area contributed by atoms with Crippen LogP contribution in [0.15, 0.2) is 72.8 Å². The number of anilines is 1. The van der Waals surface area contributed by atoms with E-state index in [1.807, 2.05) is 12.1 Å². The van der Waals surface area contributed by atoms with E-state index in [9.17, 15) is 0 Å². The zero-order valence-electron chi connectivity index (χ0n) is 15.2. The van der Waals surface area contributed by atoms with Gasteiger partial charge >= 0.3 is 0 Å². The molecule has 0 amide bonds. The van der Waals surface area contributed by atoms with Crippen molar-refractivity contribution < 1.29 is 4.74 Å². The molecule has 0 N–H and O–H groups in total. The number of nitrogens with zero attached hydrogens (tertiary/aromatic N) is 1. The SMILES string of the molecule is COc1ccc(N(Cc2ccccc2C)Cc2ccccc2C)cc1. The van der Waals surface area contributed by atoms with Crippen molar-refractivity contribution in [2.75, 3.05) is 12.0 Å². The van der Waals surface area contributed by atoms with Crippen molar-refractivity contribution in [1.82, 2.24) is 0 Å². The predicted octanol–water partition coefficient (Wildman–Crippen LogP) is 5.52. The van der Waals surface area contributed by atoms with Gasteiger partial charge in [0.1, 0.15) is 5.75 Å². The summed E-state index contributed by atoms with van der Waals surface area (Å²) >= 11 is 0. The summed E-state index contributed by atoms with van der Waals surface area (Å²) in [5, 5.41) is 0. The first-order valence-corrected chi connectivity index (χ1v) is 8.65. The lowest BCUT2D eigenvalue weighted by molar-refractivity contribution is 0.415. The lowest BCUT2D eigenvalue weighted by atomic mass is 10.1. The highest BCUT2D eigenvalue weighted by Gasteiger charge is 2.11. The van der Waals surface area contributed by atoms with Crippen LogP contribution in [0.5, 0.6) is 5.75 Å². The maximum absolute atomic E-state index is 5.31. The molecule has 0 radical (unpaired) electrons. The van der Waals surface area contributed by atoms with Crippen molar-refractivity contribution in [3.05, 3.63) is 95.1 Å². The van der Waals surface area contributed by atoms with Gasteiger partial charge in [-0.05, 0) is 60.4 Å². The molecule has 0 aromatic heterocycles. The molecule has 0 aliphatic rings. The first kappa shape index (κ1) is 17.1. The van der Waals surface area contributed by atoms with E-state index in [1.165, 1.54) is 27.9 Å². The van der Waals surface area contributed by atoms with Gasteiger partial charge in [-0.2, -0.15) is 0 Å². The van der Waals surface area contributed by atoms with Crippen molar-refractivity contribution >= 4 is 5.69 Å². The van der Waals surface area contributed by atoms with E-state index in [2.05, 4.69) is 79.4 Å². The molecule has 2 heteroatoms. The number of rotatable bonds is 6. The largest absolute Gasteiger partial charge is 0.497 e. The monoisotopic (exact) mass is 331 g/mol. The Labute approximate surface area is 150 Å². The summed E-state index contributed by atoms with van der Waals surface area (Å²) in [5.74, 6) is 0.885. The molecular formula is C23H25NO. The van der Waals surface area contributed by atoms with Crippen molar-refractivity contribution in [2.45, 2.75) is 26.9 Å². The van der Waals surface area contributed by atoms with Gasteiger partial charge in [0.2, 0.25) is 0 Å². The lowest BCUT2D eigenvalue weighted by Gasteiger charge is -2.27. The van der Waals surface area contributed by atoms with Crippen LogP contribution in [0.4, 0.5) is 5.69 Å². The summed E-state index contributed by atoms with van der Waals surface area (Å²) in [6.07, 6.45) is 0. The summed E-state index contributed by atoms with van der Waals surface area (Å²) in [4.78, 5) is 2.42. The lowest BCUT2D eigenvalue weighted by Crippen LogP contribution is -2.23. The van der Waals surface area contributed by atoms with E-state index in [1.54, 1.807) is 7.11 Å². The fourth-order valence-corrected chi connectivity index (χ4v) is 3.02. The first-order valence-electron chi connectivity index (χ1n) is 8.65. The maximum atomic E-state index is 5.31. The molecule has 0 unspecified atom stereocenters. The second kappa shape index (κ2) is 7.89. The Morgan fingerprint density at radius 1 is 0.680 bits per heavy atom. The third-order valence-electron chi connectivity index (χ3n) is 4.68. The average molecular weight is 331 g/mol. The highest BCUT2D eigenvalue weighted by atomic mass is 16.5. The molecule has 3 aromatic rings. The number of benzene rings is 3. The highest BCUT2D eigenvalue weighted by Crippen LogP contribution is 2.25. The smallest absolute Gasteiger partial charge is 0.119 e. The molecule has 0 bridgehead atoms. The second-order valence-corrected chi connectivity index (χ2v) is 6.41. The third kappa shape index (κ3) is 4.21. The zero-order valence-corrected chi connectivity index (χ0v) is 15.2. The van der Waals surface area contributed by atoms with Gasteiger partial charge in [0, 0.05) is 18.8 Å². The van der Waals surface area contributed by atoms with Gasteiger partial charge in [0.05, 0.1) is 7.11 Å². The van der Waals surface area contributed by atoms with E-state index < -0.39 is 0 Å². The van der Waals surface area contributed by atoms with Gasteiger partial charge in [-0.1, -0.05) is 48.5 Å². The van der Waals surface area contributed by atoms with Crippen LogP contribution in [0.3, 0.4) is 0 Å². The number of aryl methyl sites for hydroxylation is 2. The van der Waals surface area contributed by atoms with Crippen LogP contribution in [-0.2, 0) is 13.1 Å². The molecule has 0 aliphatic carbocycles. The Kier molecular flexibility index (Phi) is 5.39. The Hall–Kier alpha value is -2.74. The Morgan fingerprint density at radius 3 is 1.60 bits per heavy atom. The summed E-state index contributed by atoms with van der Waals surface area (Å²) in [6, 6.07) is 25.5. The van der Waals surface area contributed by atoms with Crippen LogP contribution in [-0.4, -0.2) is 7.11 Å². The Balaban J connectivity index is 1.92. The van der Waals surface area contributed by atoms with Gasteiger partial charge in [-0.15, -0.1) is 0 Å². The molecule has 0 atom stereocenters.